The maximum Gasteiger partial charge on any atom is 0.143 e. The third-order valence-corrected chi connectivity index (χ3v) is 3.35. The highest BCUT2D eigenvalue weighted by Crippen LogP contribution is 2.27. The lowest BCUT2D eigenvalue weighted by Gasteiger charge is -2.04. The molecule has 0 saturated carbocycles. The predicted molar refractivity (Wildman–Crippen MR) is 74.0 cm³/mol. The number of fused-ring (bicyclic) bond motifs is 1. The molecule has 0 aliphatic carbocycles. The first-order valence-electron chi connectivity index (χ1n) is 6.21. The molecule has 0 aliphatic heterocycles. The third-order valence-electron chi connectivity index (χ3n) is 3.35. The smallest absolute Gasteiger partial charge is 0.143 e. The molecule has 0 unspecified atom stereocenters. The molecule has 3 aromatic rings. The van der Waals surface area contributed by atoms with E-state index in [4.69, 9.17) is 5.73 Å². The van der Waals surface area contributed by atoms with E-state index in [9.17, 15) is 8.78 Å². The second kappa shape index (κ2) is 4.68. The Kier molecular flexibility index (Phi) is 2.99. The highest BCUT2D eigenvalue weighted by Gasteiger charge is 2.14. The maximum atomic E-state index is 13.9. The van der Waals surface area contributed by atoms with Gasteiger partial charge in [-0.15, -0.1) is 0 Å². The van der Waals surface area contributed by atoms with Gasteiger partial charge in [0, 0.05) is 13.6 Å². The molecular weight excluding hydrogens is 260 g/mol. The zero-order chi connectivity index (χ0) is 14.3. The van der Waals surface area contributed by atoms with E-state index in [2.05, 4.69) is 4.98 Å². The van der Waals surface area contributed by atoms with Gasteiger partial charge in [-0.25, -0.2) is 13.8 Å². The van der Waals surface area contributed by atoms with Gasteiger partial charge in [0.1, 0.15) is 17.5 Å². The van der Waals surface area contributed by atoms with Crippen LogP contribution in [0.5, 0.6) is 0 Å². The van der Waals surface area contributed by atoms with Crippen molar-refractivity contribution in [3.05, 3.63) is 53.6 Å². The molecule has 1 heterocycles. The Morgan fingerprint density at radius 3 is 2.70 bits per heavy atom. The summed E-state index contributed by atoms with van der Waals surface area (Å²) in [5, 5.41) is 0. The number of imidazole rings is 1. The van der Waals surface area contributed by atoms with Crippen LogP contribution >= 0.6 is 0 Å². The number of aromatic nitrogens is 2. The van der Waals surface area contributed by atoms with Crippen LogP contribution in [0.25, 0.3) is 22.4 Å². The van der Waals surface area contributed by atoms with Crippen LogP contribution in [0.3, 0.4) is 0 Å². The van der Waals surface area contributed by atoms with Crippen molar-refractivity contribution < 1.29 is 8.78 Å². The summed E-state index contributed by atoms with van der Waals surface area (Å²) in [4.78, 5) is 4.39. The van der Waals surface area contributed by atoms with Gasteiger partial charge < -0.3 is 10.3 Å². The average molecular weight is 273 g/mol. The largest absolute Gasteiger partial charge is 0.327 e. The second-order valence-corrected chi connectivity index (χ2v) is 4.65. The van der Waals surface area contributed by atoms with Crippen LogP contribution in [-0.4, -0.2) is 9.55 Å². The van der Waals surface area contributed by atoms with Crippen molar-refractivity contribution in [2.24, 2.45) is 12.8 Å². The molecule has 3 rings (SSSR count). The van der Waals surface area contributed by atoms with Crippen molar-refractivity contribution in [2.75, 3.05) is 0 Å². The van der Waals surface area contributed by atoms with Gasteiger partial charge in [-0.2, -0.15) is 0 Å². The number of halogens is 2. The Labute approximate surface area is 114 Å². The fraction of sp³-hybridized carbons (Fsp3) is 0.133. The highest BCUT2D eigenvalue weighted by atomic mass is 19.1. The molecule has 0 bridgehead atoms. The van der Waals surface area contributed by atoms with Gasteiger partial charge in [-0.1, -0.05) is 6.07 Å². The quantitative estimate of drug-likeness (QED) is 0.780. The lowest BCUT2D eigenvalue weighted by molar-refractivity contribution is 0.601. The normalized spacial score (nSPS) is 11.2. The minimum atomic E-state index is -0.496. The molecule has 0 amide bonds. The zero-order valence-electron chi connectivity index (χ0n) is 10.9. The van der Waals surface area contributed by atoms with Gasteiger partial charge >= 0.3 is 0 Å². The average Bonchev–Trinajstić information content (AvgIpc) is 2.78. The number of nitrogens with two attached hydrogens (primary N) is 1. The van der Waals surface area contributed by atoms with Crippen molar-refractivity contribution in [3.8, 4) is 11.4 Å². The van der Waals surface area contributed by atoms with Crippen molar-refractivity contribution in [3.63, 3.8) is 0 Å². The Morgan fingerprint density at radius 1 is 1.15 bits per heavy atom. The molecule has 3 nitrogen and oxygen atoms in total. The number of nitrogens with zero attached hydrogens (tertiary/aromatic N) is 2. The first-order chi connectivity index (χ1) is 9.60. The fourth-order valence-corrected chi connectivity index (χ4v) is 2.28. The summed E-state index contributed by atoms with van der Waals surface area (Å²) in [7, 11) is 1.77. The van der Waals surface area contributed by atoms with E-state index in [1.54, 1.807) is 11.6 Å². The first kappa shape index (κ1) is 12.7. The van der Waals surface area contributed by atoms with Gasteiger partial charge in [0.15, 0.2) is 0 Å². The van der Waals surface area contributed by atoms with Crippen molar-refractivity contribution in [2.45, 2.75) is 6.54 Å². The minimum absolute atomic E-state index is 0.151. The lowest BCUT2D eigenvalue weighted by atomic mass is 10.2. The molecule has 2 N–H and O–H groups in total. The molecule has 20 heavy (non-hydrogen) atoms. The standard InChI is InChI=1S/C15H13F2N3/c1-20-14-5-2-9(8-18)6-13(14)19-15(20)11-7-10(16)3-4-12(11)17/h2-7H,8,18H2,1H3. The Balaban J connectivity index is 2.26. The summed E-state index contributed by atoms with van der Waals surface area (Å²) in [5.41, 5.74) is 8.26. The summed E-state index contributed by atoms with van der Waals surface area (Å²) in [5.74, 6) is -0.592. The van der Waals surface area contributed by atoms with Crippen molar-refractivity contribution in [1.82, 2.24) is 9.55 Å². The molecule has 0 saturated heterocycles. The topological polar surface area (TPSA) is 43.8 Å². The lowest BCUT2D eigenvalue weighted by Crippen LogP contribution is -1.96. The Morgan fingerprint density at radius 2 is 1.95 bits per heavy atom. The van der Waals surface area contributed by atoms with E-state index in [0.29, 0.717) is 17.9 Å². The van der Waals surface area contributed by atoms with Crippen LogP contribution in [-0.2, 0) is 13.6 Å². The predicted octanol–water partition coefficient (Wildman–Crippen LogP) is 2.98. The highest BCUT2D eigenvalue weighted by molar-refractivity contribution is 5.81. The van der Waals surface area contributed by atoms with E-state index in [-0.39, 0.29) is 5.56 Å². The minimum Gasteiger partial charge on any atom is -0.327 e. The summed E-state index contributed by atoms with van der Waals surface area (Å²) in [6.07, 6.45) is 0. The summed E-state index contributed by atoms with van der Waals surface area (Å²) in [6, 6.07) is 8.99. The van der Waals surface area contributed by atoms with Gasteiger partial charge in [0.2, 0.25) is 0 Å². The van der Waals surface area contributed by atoms with E-state index in [1.807, 2.05) is 18.2 Å². The van der Waals surface area contributed by atoms with Crippen molar-refractivity contribution in [1.29, 1.82) is 0 Å². The molecular formula is C15H13F2N3. The molecule has 102 valence electrons. The van der Waals surface area contributed by atoms with Crippen molar-refractivity contribution >= 4 is 11.0 Å². The fourth-order valence-electron chi connectivity index (χ4n) is 2.28. The molecule has 0 fully saturated rings. The first-order valence-corrected chi connectivity index (χ1v) is 6.21. The van der Waals surface area contributed by atoms with Gasteiger partial charge in [0.25, 0.3) is 0 Å². The van der Waals surface area contributed by atoms with E-state index >= 15 is 0 Å². The number of hydrogen-bond acceptors (Lipinski definition) is 2. The van der Waals surface area contributed by atoms with Crippen LogP contribution in [0.15, 0.2) is 36.4 Å². The van der Waals surface area contributed by atoms with E-state index in [0.717, 1.165) is 29.3 Å². The Hall–Kier alpha value is -2.27. The van der Waals surface area contributed by atoms with E-state index in [1.165, 1.54) is 0 Å². The van der Waals surface area contributed by atoms with Crippen LogP contribution in [0, 0.1) is 11.6 Å². The molecule has 0 radical (unpaired) electrons. The number of hydrogen-bond donors (Lipinski definition) is 1. The maximum absolute atomic E-state index is 13.9. The molecule has 0 spiro atoms. The summed E-state index contributed by atoms with van der Waals surface area (Å²) < 4.78 is 28.9. The number of rotatable bonds is 2. The number of aryl methyl sites for hydroxylation is 1. The van der Waals surface area contributed by atoms with Gasteiger partial charge in [-0.05, 0) is 35.9 Å². The zero-order valence-corrected chi connectivity index (χ0v) is 10.9. The number of benzene rings is 2. The summed E-state index contributed by atoms with van der Waals surface area (Å²) >= 11 is 0. The van der Waals surface area contributed by atoms with Crippen LogP contribution in [0.1, 0.15) is 5.56 Å². The van der Waals surface area contributed by atoms with Crippen LogP contribution in [0.4, 0.5) is 8.78 Å². The summed E-state index contributed by atoms with van der Waals surface area (Å²) in [6.45, 7) is 0.413. The molecule has 0 atom stereocenters. The third kappa shape index (κ3) is 1.96. The molecule has 5 heteroatoms. The van der Waals surface area contributed by atoms with E-state index < -0.39 is 11.6 Å². The molecule has 1 aromatic heterocycles. The molecule has 0 aliphatic rings. The molecule has 2 aromatic carbocycles. The Bertz CT molecular complexity index is 793. The van der Waals surface area contributed by atoms with Gasteiger partial charge in [0.05, 0.1) is 16.6 Å². The SMILES string of the molecule is Cn1c(-c2cc(F)ccc2F)nc2cc(CN)ccc21. The van der Waals surface area contributed by atoms with Crippen LogP contribution < -0.4 is 5.73 Å². The van der Waals surface area contributed by atoms with Crippen LogP contribution in [0.2, 0.25) is 0 Å². The second-order valence-electron chi connectivity index (χ2n) is 4.65. The monoisotopic (exact) mass is 273 g/mol. The van der Waals surface area contributed by atoms with Gasteiger partial charge in [-0.3, -0.25) is 0 Å².